The van der Waals surface area contributed by atoms with Crippen molar-refractivity contribution in [2.45, 2.75) is 45.1 Å². The van der Waals surface area contributed by atoms with Gasteiger partial charge < -0.3 is 4.90 Å². The first-order valence-electron chi connectivity index (χ1n) is 7.13. The number of hydrogen-bond acceptors (Lipinski definition) is 2. The summed E-state index contributed by atoms with van der Waals surface area (Å²) in [6, 6.07) is 10.1. The molecule has 98 valence electrons. The van der Waals surface area contributed by atoms with Gasteiger partial charge >= 0.3 is 0 Å². The molecule has 1 fully saturated rings. The maximum Gasteiger partial charge on any atom is 0.164 e. The van der Waals surface area contributed by atoms with Crippen LogP contribution < -0.4 is 0 Å². The zero-order valence-corrected chi connectivity index (χ0v) is 11.3. The van der Waals surface area contributed by atoms with E-state index in [0.717, 1.165) is 18.7 Å². The van der Waals surface area contributed by atoms with Crippen molar-refractivity contribution >= 4 is 5.78 Å². The first-order chi connectivity index (χ1) is 8.81. The summed E-state index contributed by atoms with van der Waals surface area (Å²) in [5.41, 5.74) is 0.859. The van der Waals surface area contributed by atoms with Crippen LogP contribution in [0.3, 0.4) is 0 Å². The lowest BCUT2D eigenvalue weighted by Crippen LogP contribution is -2.36. The van der Waals surface area contributed by atoms with Crippen molar-refractivity contribution in [3.05, 3.63) is 35.9 Å². The summed E-state index contributed by atoms with van der Waals surface area (Å²) in [4.78, 5) is 14.7. The number of carbonyl (C=O) groups excluding carboxylic acids is 1. The normalized spacial score (nSPS) is 21.5. The van der Waals surface area contributed by atoms with Crippen molar-refractivity contribution in [2.75, 3.05) is 13.1 Å². The highest BCUT2D eigenvalue weighted by atomic mass is 16.1. The molecule has 1 aliphatic heterocycles. The fourth-order valence-corrected chi connectivity index (χ4v) is 2.84. The number of hydrogen-bond donors (Lipinski definition) is 0. The van der Waals surface area contributed by atoms with Gasteiger partial charge in [-0.2, -0.15) is 0 Å². The Morgan fingerprint density at radius 2 is 2.00 bits per heavy atom. The molecule has 1 atom stereocenters. The molecule has 0 spiro atoms. The molecule has 1 heterocycles. The number of likely N-dealkylation sites (tertiary alicyclic amines) is 1. The van der Waals surface area contributed by atoms with Crippen molar-refractivity contribution in [1.82, 2.24) is 4.90 Å². The maximum absolute atomic E-state index is 12.3. The van der Waals surface area contributed by atoms with Crippen LogP contribution in [0.2, 0.25) is 0 Å². The highest BCUT2D eigenvalue weighted by Crippen LogP contribution is 2.20. The van der Waals surface area contributed by atoms with Crippen LogP contribution in [0, 0.1) is 0 Å². The lowest BCUT2D eigenvalue weighted by molar-refractivity contribution is 0.0922. The number of nitrogens with zero attached hydrogens (tertiary/aromatic N) is 1. The zero-order valence-electron chi connectivity index (χ0n) is 11.3. The predicted molar refractivity (Wildman–Crippen MR) is 74.9 cm³/mol. The monoisotopic (exact) mass is 245 g/mol. The summed E-state index contributed by atoms with van der Waals surface area (Å²) in [6.07, 6.45) is 5.71. The van der Waals surface area contributed by atoms with E-state index in [0.29, 0.717) is 18.2 Å². The van der Waals surface area contributed by atoms with Gasteiger partial charge in [-0.15, -0.1) is 0 Å². The molecule has 2 rings (SSSR count). The molecule has 0 unspecified atom stereocenters. The van der Waals surface area contributed by atoms with E-state index in [-0.39, 0.29) is 0 Å². The third kappa shape index (κ3) is 3.42. The topological polar surface area (TPSA) is 20.3 Å². The molecule has 0 N–H and O–H groups in total. The van der Waals surface area contributed by atoms with Crippen LogP contribution in [0.4, 0.5) is 0 Å². The van der Waals surface area contributed by atoms with Gasteiger partial charge in [-0.1, -0.05) is 50.1 Å². The van der Waals surface area contributed by atoms with E-state index in [9.17, 15) is 4.79 Å². The zero-order chi connectivity index (χ0) is 12.8. The van der Waals surface area contributed by atoms with Crippen LogP contribution in [0.5, 0.6) is 0 Å². The Labute approximate surface area is 110 Å². The fraction of sp³-hybridized carbons (Fsp3) is 0.562. The summed E-state index contributed by atoms with van der Waals surface area (Å²) in [5.74, 6) is 0.293. The van der Waals surface area contributed by atoms with Gasteiger partial charge in [0.15, 0.2) is 5.78 Å². The van der Waals surface area contributed by atoms with Crippen LogP contribution in [0.1, 0.15) is 49.4 Å². The molecule has 1 aliphatic rings. The second-order valence-corrected chi connectivity index (χ2v) is 5.13. The van der Waals surface area contributed by atoms with E-state index in [2.05, 4.69) is 11.8 Å². The number of carbonyl (C=O) groups is 1. The van der Waals surface area contributed by atoms with Crippen molar-refractivity contribution in [1.29, 1.82) is 0 Å². The predicted octanol–water partition coefficient (Wildman–Crippen LogP) is 3.52. The lowest BCUT2D eigenvalue weighted by atomic mass is 9.99. The van der Waals surface area contributed by atoms with E-state index in [1.165, 1.54) is 25.7 Å². The van der Waals surface area contributed by atoms with Gasteiger partial charge in [0.25, 0.3) is 0 Å². The number of benzene rings is 1. The Kier molecular flexibility index (Phi) is 4.94. The molecule has 0 aromatic heterocycles. The van der Waals surface area contributed by atoms with Gasteiger partial charge in [0, 0.05) is 18.0 Å². The highest BCUT2D eigenvalue weighted by molar-refractivity contribution is 5.96. The third-order valence-corrected chi connectivity index (χ3v) is 3.92. The molecular weight excluding hydrogens is 222 g/mol. The Balaban J connectivity index is 2.00. The number of rotatable bonds is 4. The molecular formula is C16H23NO. The molecule has 18 heavy (non-hydrogen) atoms. The number of ketones is 1. The van der Waals surface area contributed by atoms with Gasteiger partial charge in [-0.25, -0.2) is 0 Å². The van der Waals surface area contributed by atoms with Crippen molar-refractivity contribution in [3.8, 4) is 0 Å². The van der Waals surface area contributed by atoms with Gasteiger partial charge in [0.1, 0.15) is 0 Å². The standard InChI is InChI=1S/C16H23NO/c1-2-17-12-8-4-7-11-15(17)13-16(18)14-9-5-3-6-10-14/h3,5-6,9-10,15H,2,4,7-8,11-13H2,1H3/t15-/m0/s1. The molecule has 2 nitrogen and oxygen atoms in total. The third-order valence-electron chi connectivity index (χ3n) is 3.92. The summed E-state index contributed by atoms with van der Waals surface area (Å²) in [6.45, 7) is 4.42. The molecule has 0 radical (unpaired) electrons. The quantitative estimate of drug-likeness (QED) is 0.756. The van der Waals surface area contributed by atoms with Crippen molar-refractivity contribution in [3.63, 3.8) is 0 Å². The second-order valence-electron chi connectivity index (χ2n) is 5.13. The van der Waals surface area contributed by atoms with Crippen molar-refractivity contribution in [2.24, 2.45) is 0 Å². The number of Topliss-reactive ketones (excluding diaryl/α,β-unsaturated/α-hetero) is 1. The van der Waals surface area contributed by atoms with Crippen LogP contribution in [-0.4, -0.2) is 29.8 Å². The van der Waals surface area contributed by atoms with Gasteiger partial charge in [-0.05, 0) is 25.9 Å². The minimum absolute atomic E-state index is 0.293. The Morgan fingerprint density at radius 3 is 2.72 bits per heavy atom. The summed E-state index contributed by atoms with van der Waals surface area (Å²) in [5, 5.41) is 0. The first-order valence-corrected chi connectivity index (χ1v) is 7.13. The van der Waals surface area contributed by atoms with Crippen LogP contribution in [-0.2, 0) is 0 Å². The van der Waals surface area contributed by atoms with Crippen LogP contribution in [0.25, 0.3) is 0 Å². The van der Waals surface area contributed by atoms with Gasteiger partial charge in [0.05, 0.1) is 0 Å². The van der Waals surface area contributed by atoms with E-state index in [1.54, 1.807) is 0 Å². The minimum Gasteiger partial charge on any atom is -0.300 e. The SMILES string of the molecule is CCN1CCCCC[C@H]1CC(=O)c1ccccc1. The highest BCUT2D eigenvalue weighted by Gasteiger charge is 2.22. The summed E-state index contributed by atoms with van der Waals surface area (Å²) >= 11 is 0. The second kappa shape index (κ2) is 6.69. The molecule has 1 saturated heterocycles. The maximum atomic E-state index is 12.3. The molecule has 0 bridgehead atoms. The molecule has 0 saturated carbocycles. The molecule has 1 aromatic rings. The van der Waals surface area contributed by atoms with E-state index in [4.69, 9.17) is 0 Å². The average Bonchev–Trinajstić information content (AvgIpc) is 2.64. The molecule has 2 heteroatoms. The van der Waals surface area contributed by atoms with E-state index in [1.807, 2.05) is 30.3 Å². The van der Waals surface area contributed by atoms with Gasteiger partial charge in [0.2, 0.25) is 0 Å². The average molecular weight is 245 g/mol. The van der Waals surface area contributed by atoms with Crippen LogP contribution >= 0.6 is 0 Å². The Bertz CT molecular complexity index is 374. The summed E-state index contributed by atoms with van der Waals surface area (Å²) in [7, 11) is 0. The molecule has 1 aromatic carbocycles. The van der Waals surface area contributed by atoms with E-state index >= 15 is 0 Å². The van der Waals surface area contributed by atoms with Crippen LogP contribution in [0.15, 0.2) is 30.3 Å². The molecule has 0 amide bonds. The molecule has 0 aliphatic carbocycles. The van der Waals surface area contributed by atoms with Gasteiger partial charge in [-0.3, -0.25) is 4.79 Å². The largest absolute Gasteiger partial charge is 0.300 e. The fourth-order valence-electron chi connectivity index (χ4n) is 2.84. The smallest absolute Gasteiger partial charge is 0.164 e. The Morgan fingerprint density at radius 1 is 1.22 bits per heavy atom. The summed E-state index contributed by atoms with van der Waals surface area (Å²) < 4.78 is 0. The first kappa shape index (κ1) is 13.3. The Hall–Kier alpha value is -1.15. The minimum atomic E-state index is 0.293. The lowest BCUT2D eigenvalue weighted by Gasteiger charge is -2.28. The van der Waals surface area contributed by atoms with E-state index < -0.39 is 0 Å². The van der Waals surface area contributed by atoms with Crippen molar-refractivity contribution < 1.29 is 4.79 Å².